The molecule has 2 rings (SSSR count). The number of methoxy groups -OCH3 is 1. The third-order valence-electron chi connectivity index (χ3n) is 2.55. The van der Waals surface area contributed by atoms with E-state index in [1.165, 1.54) is 0 Å². The summed E-state index contributed by atoms with van der Waals surface area (Å²) in [7, 11) is 1.63. The van der Waals surface area contributed by atoms with E-state index in [9.17, 15) is 4.79 Å². The lowest BCUT2D eigenvalue weighted by Gasteiger charge is -2.01. The molecule has 0 amide bonds. The number of hydrogen-bond acceptors (Lipinski definition) is 6. The summed E-state index contributed by atoms with van der Waals surface area (Å²) in [5, 5.41) is 16.5. The topological polar surface area (TPSA) is 85.5 Å². The lowest BCUT2D eigenvalue weighted by atomic mass is 10.1. The highest BCUT2D eigenvalue weighted by molar-refractivity contribution is 7.99. The summed E-state index contributed by atoms with van der Waals surface area (Å²) in [6.07, 6.45) is 1.39. The van der Waals surface area contributed by atoms with Crippen LogP contribution in [0.3, 0.4) is 0 Å². The normalized spacial score (nSPS) is 10.4. The van der Waals surface area contributed by atoms with Crippen LogP contribution >= 0.6 is 11.8 Å². The number of carboxylic acid groups (broad SMARTS) is 1. The first-order valence-electron chi connectivity index (χ1n) is 5.97. The Labute approximate surface area is 120 Å². The van der Waals surface area contributed by atoms with E-state index in [4.69, 9.17) is 14.3 Å². The van der Waals surface area contributed by atoms with Crippen molar-refractivity contribution in [1.29, 1.82) is 0 Å². The van der Waals surface area contributed by atoms with Crippen LogP contribution in [0.2, 0.25) is 0 Å². The zero-order valence-electron chi connectivity index (χ0n) is 10.9. The number of ether oxygens (including phenoxy) is 1. The highest BCUT2D eigenvalue weighted by Gasteiger charge is 2.09. The number of nitrogens with zero attached hydrogens (tertiary/aromatic N) is 2. The maximum atomic E-state index is 10.4. The van der Waals surface area contributed by atoms with E-state index in [2.05, 4.69) is 10.2 Å². The van der Waals surface area contributed by atoms with Gasteiger partial charge in [0.05, 0.1) is 7.11 Å². The van der Waals surface area contributed by atoms with E-state index in [0.717, 1.165) is 29.5 Å². The molecule has 7 heteroatoms. The Kier molecular flexibility index (Phi) is 5.00. The van der Waals surface area contributed by atoms with Crippen LogP contribution < -0.4 is 4.74 Å². The summed E-state index contributed by atoms with van der Waals surface area (Å²) in [4.78, 5) is 10.4. The molecule has 1 aromatic heterocycles. The number of benzene rings is 1. The lowest BCUT2D eigenvalue weighted by Crippen LogP contribution is -1.97. The molecule has 0 atom stereocenters. The molecule has 1 heterocycles. The SMILES string of the molecule is COc1ccc(CCc2nnc(SCC(=O)O)o2)cc1. The number of thioether (sulfide) groups is 1. The smallest absolute Gasteiger partial charge is 0.314 e. The number of aliphatic carboxylic acids is 1. The van der Waals surface area contributed by atoms with E-state index in [0.29, 0.717) is 12.3 Å². The number of rotatable bonds is 7. The first-order chi connectivity index (χ1) is 9.67. The number of carboxylic acids is 1. The maximum Gasteiger partial charge on any atom is 0.314 e. The third kappa shape index (κ3) is 4.27. The van der Waals surface area contributed by atoms with Crippen LogP contribution in [0.1, 0.15) is 11.5 Å². The van der Waals surface area contributed by atoms with Gasteiger partial charge in [-0.25, -0.2) is 0 Å². The molecule has 6 nitrogen and oxygen atoms in total. The minimum absolute atomic E-state index is 0.0832. The Morgan fingerprint density at radius 3 is 2.70 bits per heavy atom. The molecule has 0 spiro atoms. The van der Waals surface area contributed by atoms with Gasteiger partial charge in [0.2, 0.25) is 5.89 Å². The van der Waals surface area contributed by atoms with Gasteiger partial charge in [-0.05, 0) is 24.1 Å². The molecule has 0 saturated carbocycles. The largest absolute Gasteiger partial charge is 0.497 e. The van der Waals surface area contributed by atoms with Gasteiger partial charge < -0.3 is 14.3 Å². The van der Waals surface area contributed by atoms with E-state index >= 15 is 0 Å². The molecular weight excluding hydrogens is 280 g/mol. The van der Waals surface area contributed by atoms with Crippen LogP contribution in [0.5, 0.6) is 5.75 Å². The zero-order chi connectivity index (χ0) is 14.4. The van der Waals surface area contributed by atoms with Gasteiger partial charge in [0, 0.05) is 6.42 Å². The van der Waals surface area contributed by atoms with E-state index in [-0.39, 0.29) is 11.0 Å². The second-order valence-electron chi connectivity index (χ2n) is 3.99. The van der Waals surface area contributed by atoms with Crippen LogP contribution in [0, 0.1) is 0 Å². The number of aryl methyl sites for hydroxylation is 2. The van der Waals surface area contributed by atoms with Crippen LogP contribution in [0.15, 0.2) is 33.9 Å². The summed E-state index contributed by atoms with van der Waals surface area (Å²) in [6.45, 7) is 0. The number of carbonyl (C=O) groups is 1. The van der Waals surface area contributed by atoms with Crippen molar-refractivity contribution in [3.63, 3.8) is 0 Å². The van der Waals surface area contributed by atoms with Gasteiger partial charge in [-0.15, -0.1) is 10.2 Å². The van der Waals surface area contributed by atoms with Crippen molar-refractivity contribution in [2.24, 2.45) is 0 Å². The molecule has 0 aliphatic carbocycles. The second kappa shape index (κ2) is 6.95. The maximum absolute atomic E-state index is 10.4. The molecule has 0 unspecified atom stereocenters. The molecule has 2 aromatic rings. The van der Waals surface area contributed by atoms with Crippen molar-refractivity contribution in [3.8, 4) is 5.75 Å². The Balaban J connectivity index is 1.85. The van der Waals surface area contributed by atoms with Crippen molar-refractivity contribution in [2.75, 3.05) is 12.9 Å². The first-order valence-corrected chi connectivity index (χ1v) is 6.96. The van der Waals surface area contributed by atoms with E-state index < -0.39 is 5.97 Å². The van der Waals surface area contributed by atoms with Gasteiger partial charge in [0.1, 0.15) is 11.5 Å². The Bertz CT molecular complexity index is 568. The molecule has 1 aromatic carbocycles. The Hall–Kier alpha value is -2.02. The summed E-state index contributed by atoms with van der Waals surface area (Å²) in [5.41, 5.74) is 1.14. The van der Waals surface area contributed by atoms with Gasteiger partial charge in [0.15, 0.2) is 0 Å². The standard InChI is InChI=1S/C13H14N2O4S/c1-18-10-5-2-9(3-6-10)4-7-11-14-15-13(19-11)20-8-12(16)17/h2-3,5-6H,4,7-8H2,1H3,(H,16,17). The van der Waals surface area contributed by atoms with Gasteiger partial charge in [0.25, 0.3) is 5.22 Å². The molecule has 20 heavy (non-hydrogen) atoms. The Morgan fingerprint density at radius 1 is 1.30 bits per heavy atom. The van der Waals surface area contributed by atoms with Crippen molar-refractivity contribution in [1.82, 2.24) is 10.2 Å². The number of hydrogen-bond donors (Lipinski definition) is 1. The molecule has 0 fully saturated rings. The molecule has 0 bridgehead atoms. The van der Waals surface area contributed by atoms with Crippen LogP contribution in [-0.4, -0.2) is 34.1 Å². The quantitative estimate of drug-likeness (QED) is 0.782. The summed E-state index contributed by atoms with van der Waals surface area (Å²) in [5.74, 6) is 0.334. The summed E-state index contributed by atoms with van der Waals surface area (Å²) >= 11 is 1.02. The first kappa shape index (κ1) is 14.4. The summed E-state index contributed by atoms with van der Waals surface area (Å²) in [6, 6.07) is 7.76. The molecule has 0 saturated heterocycles. The van der Waals surface area contributed by atoms with Crippen molar-refractivity contribution in [3.05, 3.63) is 35.7 Å². The van der Waals surface area contributed by atoms with Crippen LogP contribution in [0.4, 0.5) is 0 Å². The van der Waals surface area contributed by atoms with Crippen molar-refractivity contribution in [2.45, 2.75) is 18.1 Å². The van der Waals surface area contributed by atoms with Crippen LogP contribution in [0.25, 0.3) is 0 Å². The monoisotopic (exact) mass is 294 g/mol. The lowest BCUT2D eigenvalue weighted by molar-refractivity contribution is -0.133. The fourth-order valence-electron chi connectivity index (χ4n) is 1.56. The number of aromatic nitrogens is 2. The van der Waals surface area contributed by atoms with Gasteiger partial charge in [-0.2, -0.15) is 0 Å². The molecule has 106 valence electrons. The molecule has 0 aliphatic rings. The van der Waals surface area contributed by atoms with Crippen molar-refractivity contribution >= 4 is 17.7 Å². The minimum Gasteiger partial charge on any atom is -0.497 e. The minimum atomic E-state index is -0.909. The predicted molar refractivity (Wildman–Crippen MR) is 73.1 cm³/mol. The highest BCUT2D eigenvalue weighted by Crippen LogP contribution is 2.17. The zero-order valence-corrected chi connectivity index (χ0v) is 11.7. The Morgan fingerprint density at radius 2 is 2.05 bits per heavy atom. The fraction of sp³-hybridized carbons (Fsp3) is 0.308. The molecule has 0 radical (unpaired) electrons. The van der Waals surface area contributed by atoms with Gasteiger partial charge >= 0.3 is 5.97 Å². The van der Waals surface area contributed by atoms with Gasteiger partial charge in [-0.3, -0.25) is 4.79 Å². The fourth-order valence-corrected chi connectivity index (χ4v) is 2.07. The van der Waals surface area contributed by atoms with Crippen molar-refractivity contribution < 1.29 is 19.1 Å². The second-order valence-corrected chi connectivity index (χ2v) is 4.92. The highest BCUT2D eigenvalue weighted by atomic mass is 32.2. The molecule has 0 aliphatic heterocycles. The molecular formula is C13H14N2O4S. The predicted octanol–water partition coefficient (Wildman–Crippen LogP) is 2.04. The van der Waals surface area contributed by atoms with Gasteiger partial charge in [-0.1, -0.05) is 23.9 Å². The average Bonchev–Trinajstić information content (AvgIpc) is 2.91. The molecule has 1 N–H and O–H groups in total. The third-order valence-corrected chi connectivity index (χ3v) is 3.36. The average molecular weight is 294 g/mol. The van der Waals surface area contributed by atoms with E-state index in [1.807, 2.05) is 24.3 Å². The van der Waals surface area contributed by atoms with Crippen LogP contribution in [-0.2, 0) is 17.6 Å². The summed E-state index contributed by atoms with van der Waals surface area (Å²) < 4.78 is 10.4. The van der Waals surface area contributed by atoms with E-state index in [1.54, 1.807) is 7.11 Å².